The lowest BCUT2D eigenvalue weighted by Crippen LogP contribution is -2.42. The number of carbonyl (C=O) groups excluding carboxylic acids is 1. The molecule has 0 saturated carbocycles. The summed E-state index contributed by atoms with van der Waals surface area (Å²) >= 11 is 0. The molecule has 0 N–H and O–H groups in total. The third-order valence-corrected chi connectivity index (χ3v) is 6.13. The summed E-state index contributed by atoms with van der Waals surface area (Å²) in [6.45, 7) is 5.66. The summed E-state index contributed by atoms with van der Waals surface area (Å²) in [6, 6.07) is 5.56. The summed E-state index contributed by atoms with van der Waals surface area (Å²) in [5.74, 6) is 1.46. The Hall–Kier alpha value is -1.79. The first-order valence-electron chi connectivity index (χ1n) is 10.7. The predicted molar refractivity (Wildman–Crippen MR) is 107 cm³/mol. The second-order valence-corrected chi connectivity index (χ2v) is 8.11. The van der Waals surface area contributed by atoms with E-state index in [1.807, 2.05) is 23.1 Å². The molecule has 1 atom stereocenters. The highest BCUT2D eigenvalue weighted by Gasteiger charge is 2.27. The Morgan fingerprint density at radius 1 is 1.11 bits per heavy atom. The van der Waals surface area contributed by atoms with Crippen LogP contribution in [0.25, 0.3) is 0 Å². The van der Waals surface area contributed by atoms with Crippen LogP contribution in [0.5, 0.6) is 11.5 Å². The van der Waals surface area contributed by atoms with Gasteiger partial charge < -0.3 is 24.0 Å². The van der Waals surface area contributed by atoms with Gasteiger partial charge in [-0.2, -0.15) is 0 Å². The first-order valence-corrected chi connectivity index (χ1v) is 10.7. The molecule has 1 amide bonds. The zero-order valence-electron chi connectivity index (χ0n) is 16.9. The Balaban J connectivity index is 1.38. The molecule has 3 aliphatic heterocycles. The number of hydrogen-bond acceptors (Lipinski definition) is 5. The van der Waals surface area contributed by atoms with Crippen LogP contribution in [0.15, 0.2) is 18.2 Å². The van der Waals surface area contributed by atoms with Crippen LogP contribution in [-0.4, -0.2) is 74.4 Å². The molecule has 28 heavy (non-hydrogen) atoms. The lowest BCUT2D eigenvalue weighted by molar-refractivity contribution is 0.0434. The zero-order chi connectivity index (χ0) is 19.3. The molecule has 3 fully saturated rings. The predicted octanol–water partition coefficient (Wildman–Crippen LogP) is 2.95. The standard InChI is InChI=1S/C22H32N2O4/c1-26-18-6-7-20(22(25)24-10-2-3-11-24)21(15-18)28-17-8-12-23(13-9-17)16-19-5-4-14-27-19/h6-7,15,17,19H,2-5,8-14,16H2,1H3/t19-/m1/s1. The van der Waals surface area contributed by atoms with Crippen molar-refractivity contribution in [1.29, 1.82) is 0 Å². The summed E-state index contributed by atoms with van der Waals surface area (Å²) < 4.78 is 17.5. The van der Waals surface area contributed by atoms with E-state index in [1.165, 1.54) is 12.8 Å². The molecule has 4 rings (SSSR count). The normalized spacial score (nSPS) is 23.9. The minimum atomic E-state index is 0.0750. The summed E-state index contributed by atoms with van der Waals surface area (Å²) in [7, 11) is 1.64. The lowest BCUT2D eigenvalue weighted by atomic mass is 10.1. The van der Waals surface area contributed by atoms with Gasteiger partial charge in [-0.3, -0.25) is 4.79 Å². The average Bonchev–Trinajstić information content (AvgIpc) is 3.43. The van der Waals surface area contributed by atoms with Crippen LogP contribution in [-0.2, 0) is 4.74 Å². The lowest BCUT2D eigenvalue weighted by Gasteiger charge is -2.33. The van der Waals surface area contributed by atoms with Crippen LogP contribution in [0.2, 0.25) is 0 Å². The van der Waals surface area contributed by atoms with Crippen molar-refractivity contribution < 1.29 is 19.0 Å². The van der Waals surface area contributed by atoms with Crippen molar-refractivity contribution in [2.75, 3.05) is 46.4 Å². The molecule has 0 bridgehead atoms. The first-order chi connectivity index (χ1) is 13.7. The zero-order valence-corrected chi connectivity index (χ0v) is 16.9. The Morgan fingerprint density at radius 2 is 1.89 bits per heavy atom. The molecule has 0 aliphatic carbocycles. The second kappa shape index (κ2) is 9.14. The van der Waals surface area contributed by atoms with E-state index in [2.05, 4.69) is 4.90 Å². The second-order valence-electron chi connectivity index (χ2n) is 8.11. The molecular formula is C22H32N2O4. The van der Waals surface area contributed by atoms with E-state index >= 15 is 0 Å². The summed E-state index contributed by atoms with van der Waals surface area (Å²) in [6.07, 6.45) is 7.03. The van der Waals surface area contributed by atoms with Gasteiger partial charge in [0.2, 0.25) is 0 Å². The van der Waals surface area contributed by atoms with Crippen molar-refractivity contribution in [2.24, 2.45) is 0 Å². The van der Waals surface area contributed by atoms with Gasteiger partial charge in [0.15, 0.2) is 0 Å². The minimum absolute atomic E-state index is 0.0750. The third-order valence-electron chi connectivity index (χ3n) is 6.13. The van der Waals surface area contributed by atoms with Crippen LogP contribution < -0.4 is 9.47 Å². The number of nitrogens with zero attached hydrogens (tertiary/aromatic N) is 2. The van der Waals surface area contributed by atoms with Gasteiger partial charge in [-0.05, 0) is 50.7 Å². The number of likely N-dealkylation sites (tertiary alicyclic amines) is 2. The quantitative estimate of drug-likeness (QED) is 0.750. The molecule has 1 aromatic carbocycles. The van der Waals surface area contributed by atoms with E-state index in [9.17, 15) is 4.79 Å². The van der Waals surface area contributed by atoms with Crippen molar-refractivity contribution in [2.45, 2.75) is 50.7 Å². The maximum Gasteiger partial charge on any atom is 0.257 e. The van der Waals surface area contributed by atoms with Crippen molar-refractivity contribution in [1.82, 2.24) is 9.80 Å². The highest BCUT2D eigenvalue weighted by atomic mass is 16.5. The van der Waals surface area contributed by atoms with E-state index in [0.717, 1.165) is 70.8 Å². The van der Waals surface area contributed by atoms with Gasteiger partial charge in [0.25, 0.3) is 5.91 Å². The fraction of sp³-hybridized carbons (Fsp3) is 0.682. The third kappa shape index (κ3) is 4.61. The van der Waals surface area contributed by atoms with Gasteiger partial charge in [0.05, 0.1) is 18.8 Å². The van der Waals surface area contributed by atoms with Gasteiger partial charge >= 0.3 is 0 Å². The van der Waals surface area contributed by atoms with Crippen LogP contribution >= 0.6 is 0 Å². The highest BCUT2D eigenvalue weighted by Crippen LogP contribution is 2.30. The van der Waals surface area contributed by atoms with Crippen LogP contribution in [0, 0.1) is 0 Å². The van der Waals surface area contributed by atoms with Crippen molar-refractivity contribution in [3.8, 4) is 11.5 Å². The van der Waals surface area contributed by atoms with Gasteiger partial charge in [-0.25, -0.2) is 0 Å². The number of amides is 1. The molecule has 0 unspecified atom stereocenters. The van der Waals surface area contributed by atoms with E-state index in [4.69, 9.17) is 14.2 Å². The molecular weight excluding hydrogens is 356 g/mol. The Kier molecular flexibility index (Phi) is 6.37. The number of carbonyl (C=O) groups is 1. The van der Waals surface area contributed by atoms with E-state index in [0.29, 0.717) is 17.4 Å². The molecule has 3 saturated heterocycles. The minimum Gasteiger partial charge on any atom is -0.497 e. The first kappa shape index (κ1) is 19.5. The number of hydrogen-bond donors (Lipinski definition) is 0. The van der Waals surface area contributed by atoms with Crippen LogP contribution in [0.3, 0.4) is 0 Å². The van der Waals surface area contributed by atoms with Gasteiger partial charge in [-0.15, -0.1) is 0 Å². The van der Waals surface area contributed by atoms with E-state index in [1.54, 1.807) is 7.11 Å². The summed E-state index contributed by atoms with van der Waals surface area (Å²) in [4.78, 5) is 17.4. The number of rotatable bonds is 6. The number of piperidine rings is 1. The van der Waals surface area contributed by atoms with Crippen molar-refractivity contribution >= 4 is 5.91 Å². The molecule has 6 nitrogen and oxygen atoms in total. The molecule has 3 aliphatic rings. The van der Waals surface area contributed by atoms with Crippen LogP contribution in [0.4, 0.5) is 0 Å². The van der Waals surface area contributed by atoms with Gasteiger partial charge in [0, 0.05) is 45.4 Å². The number of methoxy groups -OCH3 is 1. The highest BCUT2D eigenvalue weighted by molar-refractivity contribution is 5.97. The Morgan fingerprint density at radius 3 is 2.57 bits per heavy atom. The monoisotopic (exact) mass is 388 g/mol. The largest absolute Gasteiger partial charge is 0.497 e. The van der Waals surface area contributed by atoms with Gasteiger partial charge in [0.1, 0.15) is 17.6 Å². The molecule has 0 aromatic heterocycles. The average molecular weight is 389 g/mol. The molecule has 0 radical (unpaired) electrons. The molecule has 154 valence electrons. The fourth-order valence-electron chi connectivity index (χ4n) is 4.46. The molecule has 3 heterocycles. The smallest absolute Gasteiger partial charge is 0.257 e. The SMILES string of the molecule is COc1ccc(C(=O)N2CCCC2)c(OC2CCN(C[C@H]3CCCO3)CC2)c1. The number of benzene rings is 1. The van der Waals surface area contributed by atoms with Crippen molar-refractivity contribution in [3.63, 3.8) is 0 Å². The maximum atomic E-state index is 12.9. The van der Waals surface area contributed by atoms with Crippen LogP contribution in [0.1, 0.15) is 48.9 Å². The van der Waals surface area contributed by atoms with E-state index < -0.39 is 0 Å². The number of ether oxygens (including phenoxy) is 3. The fourth-order valence-corrected chi connectivity index (χ4v) is 4.46. The summed E-state index contributed by atoms with van der Waals surface area (Å²) in [5.41, 5.74) is 0.657. The van der Waals surface area contributed by atoms with E-state index in [-0.39, 0.29) is 12.0 Å². The topological polar surface area (TPSA) is 51.2 Å². The Bertz CT molecular complexity index is 661. The summed E-state index contributed by atoms with van der Waals surface area (Å²) in [5, 5.41) is 0. The maximum absolute atomic E-state index is 12.9. The molecule has 0 spiro atoms. The van der Waals surface area contributed by atoms with Crippen molar-refractivity contribution in [3.05, 3.63) is 23.8 Å². The molecule has 6 heteroatoms. The Labute approximate surface area is 167 Å². The molecule has 1 aromatic rings. The van der Waals surface area contributed by atoms with Gasteiger partial charge in [-0.1, -0.05) is 0 Å².